The third-order valence-electron chi connectivity index (χ3n) is 2.59. The predicted molar refractivity (Wildman–Crippen MR) is 50.7 cm³/mol. The lowest BCUT2D eigenvalue weighted by molar-refractivity contribution is -0.240. The average Bonchev–Trinajstić information content (AvgIpc) is 1.80. The maximum absolute atomic E-state index is 9.86. The third-order valence-corrected chi connectivity index (χ3v) is 2.90. The fourth-order valence-electron chi connectivity index (χ4n) is 2.15. The molecule has 2 nitrogen and oxygen atoms in total. The highest BCUT2D eigenvalue weighted by molar-refractivity contribution is 6.20. The van der Waals surface area contributed by atoms with E-state index in [1.165, 1.54) is 5.06 Å². The van der Waals surface area contributed by atoms with Gasteiger partial charge in [-0.1, -0.05) is 0 Å². The zero-order chi connectivity index (χ0) is 9.57. The van der Waals surface area contributed by atoms with E-state index in [0.29, 0.717) is 0 Å². The van der Waals surface area contributed by atoms with Gasteiger partial charge in [-0.15, -0.1) is 11.6 Å². The summed E-state index contributed by atoms with van der Waals surface area (Å²) < 4.78 is 0. The van der Waals surface area contributed by atoms with E-state index in [-0.39, 0.29) is 16.5 Å². The van der Waals surface area contributed by atoms with Crippen molar-refractivity contribution in [1.29, 1.82) is 0 Å². The molecule has 1 saturated heterocycles. The van der Waals surface area contributed by atoms with Gasteiger partial charge in [0.05, 0.1) is 0 Å². The zero-order valence-electron chi connectivity index (χ0n) is 8.26. The summed E-state index contributed by atoms with van der Waals surface area (Å²) >= 11 is 6.11. The van der Waals surface area contributed by atoms with Crippen molar-refractivity contribution in [2.24, 2.45) is 0 Å². The van der Waals surface area contributed by atoms with Gasteiger partial charge in [0.25, 0.3) is 0 Å². The topological polar surface area (TPSA) is 23.5 Å². The Kier molecular flexibility index (Phi) is 2.45. The average molecular weight is 192 g/mol. The van der Waals surface area contributed by atoms with E-state index >= 15 is 0 Å². The summed E-state index contributed by atoms with van der Waals surface area (Å²) in [6.45, 7) is 8.07. The van der Waals surface area contributed by atoms with Crippen LogP contribution in [0.1, 0.15) is 40.5 Å². The summed E-state index contributed by atoms with van der Waals surface area (Å²) in [5.41, 5.74) is -0.400. The summed E-state index contributed by atoms with van der Waals surface area (Å²) in [5, 5.41) is 11.5. The number of rotatable bonds is 0. The van der Waals surface area contributed by atoms with Gasteiger partial charge < -0.3 is 5.21 Å². The Balaban J connectivity index is 2.84. The molecule has 1 fully saturated rings. The Morgan fingerprint density at radius 1 is 1.17 bits per heavy atom. The Morgan fingerprint density at radius 2 is 1.50 bits per heavy atom. The van der Waals surface area contributed by atoms with Gasteiger partial charge in [0, 0.05) is 16.5 Å². The molecule has 1 N–H and O–H groups in total. The van der Waals surface area contributed by atoms with Gasteiger partial charge in [-0.3, -0.25) is 0 Å². The monoisotopic (exact) mass is 191 g/mol. The van der Waals surface area contributed by atoms with Crippen LogP contribution in [0.3, 0.4) is 0 Å². The van der Waals surface area contributed by atoms with Crippen LogP contribution in [0, 0.1) is 0 Å². The van der Waals surface area contributed by atoms with Gasteiger partial charge in [0.15, 0.2) is 0 Å². The fourth-order valence-corrected chi connectivity index (χ4v) is 2.90. The molecular formula is C9H18ClNO. The van der Waals surface area contributed by atoms with Crippen molar-refractivity contribution in [2.45, 2.75) is 57.0 Å². The number of alkyl halides is 1. The van der Waals surface area contributed by atoms with Gasteiger partial charge in [-0.2, -0.15) is 5.06 Å². The largest absolute Gasteiger partial charge is 0.313 e. The molecule has 1 aliphatic heterocycles. The molecule has 1 aliphatic rings. The van der Waals surface area contributed by atoms with E-state index < -0.39 is 0 Å². The highest BCUT2D eigenvalue weighted by atomic mass is 35.5. The zero-order valence-corrected chi connectivity index (χ0v) is 9.02. The molecule has 0 aromatic carbocycles. The molecule has 0 aromatic heterocycles. The van der Waals surface area contributed by atoms with E-state index in [1.807, 2.05) is 27.7 Å². The lowest BCUT2D eigenvalue weighted by atomic mass is 9.82. The molecule has 0 atom stereocenters. The molecule has 1 rings (SSSR count). The summed E-state index contributed by atoms with van der Waals surface area (Å²) in [6, 6.07) is 0. The lowest BCUT2D eigenvalue weighted by Gasteiger charge is -2.50. The minimum Gasteiger partial charge on any atom is -0.313 e. The van der Waals surface area contributed by atoms with Crippen molar-refractivity contribution >= 4 is 11.6 Å². The van der Waals surface area contributed by atoms with Gasteiger partial charge in [0.1, 0.15) is 0 Å². The first-order valence-corrected chi connectivity index (χ1v) is 4.83. The van der Waals surface area contributed by atoms with Crippen molar-refractivity contribution in [3.8, 4) is 0 Å². The summed E-state index contributed by atoms with van der Waals surface area (Å²) in [5.74, 6) is 0. The van der Waals surface area contributed by atoms with Crippen molar-refractivity contribution in [1.82, 2.24) is 5.06 Å². The van der Waals surface area contributed by atoms with Crippen molar-refractivity contribution in [3.63, 3.8) is 0 Å². The van der Waals surface area contributed by atoms with Crippen LogP contribution in [-0.2, 0) is 0 Å². The maximum Gasteiger partial charge on any atom is 0.0424 e. The van der Waals surface area contributed by atoms with Crippen LogP contribution in [-0.4, -0.2) is 26.7 Å². The predicted octanol–water partition coefficient (Wildman–Crippen LogP) is 2.64. The van der Waals surface area contributed by atoms with Gasteiger partial charge in [-0.05, 0) is 40.5 Å². The highest BCUT2D eigenvalue weighted by Gasteiger charge is 2.44. The van der Waals surface area contributed by atoms with E-state index in [2.05, 4.69) is 0 Å². The minimum absolute atomic E-state index is 0.179. The van der Waals surface area contributed by atoms with Crippen molar-refractivity contribution < 1.29 is 5.21 Å². The Bertz CT molecular complexity index is 161. The van der Waals surface area contributed by atoms with Crippen LogP contribution < -0.4 is 0 Å². The Morgan fingerprint density at radius 3 is 1.83 bits per heavy atom. The first kappa shape index (κ1) is 10.3. The van der Waals surface area contributed by atoms with Crippen LogP contribution in [0.4, 0.5) is 0 Å². The fraction of sp³-hybridized carbons (Fsp3) is 1.00. The quantitative estimate of drug-likeness (QED) is 0.596. The van der Waals surface area contributed by atoms with Gasteiger partial charge >= 0.3 is 0 Å². The number of piperidine rings is 1. The smallest absolute Gasteiger partial charge is 0.0424 e. The molecule has 72 valence electrons. The number of hydroxylamine groups is 2. The van der Waals surface area contributed by atoms with Crippen LogP contribution in [0.2, 0.25) is 0 Å². The Labute approximate surface area is 79.5 Å². The first-order chi connectivity index (χ1) is 5.26. The number of hydrogen-bond acceptors (Lipinski definition) is 2. The third kappa shape index (κ3) is 1.76. The molecule has 0 bridgehead atoms. The molecule has 0 aliphatic carbocycles. The molecule has 12 heavy (non-hydrogen) atoms. The molecule has 1 heterocycles. The minimum atomic E-state index is -0.200. The van der Waals surface area contributed by atoms with E-state index in [0.717, 1.165) is 12.8 Å². The number of hydrogen-bond donors (Lipinski definition) is 1. The molecular weight excluding hydrogens is 174 g/mol. The SMILES string of the molecule is CC1(C)CC(Cl)CC(C)(C)N1O. The van der Waals surface area contributed by atoms with Crippen LogP contribution in [0.15, 0.2) is 0 Å². The van der Waals surface area contributed by atoms with Crippen LogP contribution in [0.5, 0.6) is 0 Å². The molecule has 0 spiro atoms. The van der Waals surface area contributed by atoms with E-state index in [4.69, 9.17) is 11.6 Å². The summed E-state index contributed by atoms with van der Waals surface area (Å²) in [4.78, 5) is 0. The molecule has 0 amide bonds. The molecule has 3 heteroatoms. The number of nitrogens with zero attached hydrogens (tertiary/aromatic N) is 1. The standard InChI is InChI=1S/C9H18ClNO/c1-8(2)5-7(10)6-9(3,4)11(8)12/h7,12H,5-6H2,1-4H3. The molecule has 0 aromatic rings. The van der Waals surface area contributed by atoms with Crippen LogP contribution in [0.25, 0.3) is 0 Å². The second kappa shape index (κ2) is 2.86. The molecule has 0 radical (unpaired) electrons. The summed E-state index contributed by atoms with van der Waals surface area (Å²) in [6.07, 6.45) is 1.68. The molecule has 0 unspecified atom stereocenters. The lowest BCUT2D eigenvalue weighted by Crippen LogP contribution is -2.59. The second-order valence-electron chi connectivity index (χ2n) is 4.94. The first-order valence-electron chi connectivity index (χ1n) is 4.39. The van der Waals surface area contributed by atoms with Crippen molar-refractivity contribution in [3.05, 3.63) is 0 Å². The molecule has 0 saturated carbocycles. The Hall–Kier alpha value is 0.210. The normalized spacial score (nSPS) is 30.5. The van der Waals surface area contributed by atoms with E-state index in [1.54, 1.807) is 0 Å². The summed E-state index contributed by atoms with van der Waals surface area (Å²) in [7, 11) is 0. The van der Waals surface area contributed by atoms with Gasteiger partial charge in [0.2, 0.25) is 0 Å². The second-order valence-corrected chi connectivity index (χ2v) is 5.56. The highest BCUT2D eigenvalue weighted by Crippen LogP contribution is 2.38. The van der Waals surface area contributed by atoms with Gasteiger partial charge in [-0.25, -0.2) is 0 Å². The van der Waals surface area contributed by atoms with Crippen molar-refractivity contribution in [2.75, 3.05) is 0 Å². The van der Waals surface area contributed by atoms with E-state index in [9.17, 15) is 5.21 Å². The maximum atomic E-state index is 9.86. The number of halogens is 1. The van der Waals surface area contributed by atoms with Crippen LogP contribution >= 0.6 is 11.6 Å².